The van der Waals surface area contributed by atoms with Gasteiger partial charge in [-0.3, -0.25) is 0 Å². The van der Waals surface area contributed by atoms with E-state index in [0.29, 0.717) is 6.04 Å². The first kappa shape index (κ1) is 17.0. The van der Waals surface area contributed by atoms with E-state index in [9.17, 15) is 0 Å². The molecule has 0 spiro atoms. The van der Waals surface area contributed by atoms with Crippen LogP contribution in [0.2, 0.25) is 0 Å². The fraction of sp³-hybridized carbons (Fsp3) is 1.00. The summed E-state index contributed by atoms with van der Waals surface area (Å²) in [5, 5.41) is 3.68. The zero-order valence-electron chi connectivity index (χ0n) is 13.8. The summed E-state index contributed by atoms with van der Waals surface area (Å²) in [6, 6.07) is 1.51. The number of nitrogens with zero attached hydrogens (tertiary/aromatic N) is 1. The molecule has 1 atom stereocenters. The van der Waals surface area contributed by atoms with Crippen LogP contribution in [0.1, 0.15) is 72.1 Å². The van der Waals surface area contributed by atoms with Gasteiger partial charge in [-0.2, -0.15) is 0 Å². The molecule has 1 aliphatic carbocycles. The summed E-state index contributed by atoms with van der Waals surface area (Å²) in [6.45, 7) is 9.30. The normalized spacial score (nSPS) is 19.9. The number of rotatable bonds is 8. The second kappa shape index (κ2) is 9.77. The molecule has 0 aliphatic heterocycles. The average molecular weight is 268 g/mol. The molecular formula is C17H36N2. The largest absolute Gasteiger partial charge is 0.313 e. The van der Waals surface area contributed by atoms with Gasteiger partial charge in [0.05, 0.1) is 0 Å². The third-order valence-electron chi connectivity index (χ3n) is 4.58. The lowest BCUT2D eigenvalue weighted by atomic mass is 10.0. The van der Waals surface area contributed by atoms with Crippen molar-refractivity contribution in [2.75, 3.05) is 20.1 Å². The Bertz CT molecular complexity index is 207. The highest BCUT2D eigenvalue weighted by Gasteiger charge is 2.16. The Hall–Kier alpha value is -0.0800. The Morgan fingerprint density at radius 1 is 1.00 bits per heavy atom. The van der Waals surface area contributed by atoms with Gasteiger partial charge < -0.3 is 10.2 Å². The maximum absolute atomic E-state index is 3.68. The number of hydrogen-bond donors (Lipinski definition) is 1. The predicted octanol–water partition coefficient (Wildman–Crippen LogP) is 4.06. The Balaban J connectivity index is 2.10. The number of likely N-dealkylation sites (N-methyl/N-ethyl adjacent to an activating group) is 1. The van der Waals surface area contributed by atoms with E-state index >= 15 is 0 Å². The zero-order chi connectivity index (χ0) is 14.1. The van der Waals surface area contributed by atoms with Crippen LogP contribution in [0, 0.1) is 5.92 Å². The van der Waals surface area contributed by atoms with Crippen LogP contribution in [-0.2, 0) is 0 Å². The minimum atomic E-state index is 0.671. The van der Waals surface area contributed by atoms with Crippen LogP contribution in [0.15, 0.2) is 0 Å². The van der Waals surface area contributed by atoms with Crippen molar-refractivity contribution in [1.82, 2.24) is 10.2 Å². The average Bonchev–Trinajstić information content (AvgIpc) is 2.65. The van der Waals surface area contributed by atoms with Crippen LogP contribution in [-0.4, -0.2) is 37.1 Å². The van der Waals surface area contributed by atoms with Gasteiger partial charge in [-0.1, -0.05) is 39.5 Å². The zero-order valence-corrected chi connectivity index (χ0v) is 13.8. The van der Waals surface area contributed by atoms with Gasteiger partial charge in [-0.05, 0) is 45.6 Å². The Morgan fingerprint density at radius 2 is 1.63 bits per heavy atom. The van der Waals surface area contributed by atoms with Crippen molar-refractivity contribution in [3.63, 3.8) is 0 Å². The van der Waals surface area contributed by atoms with Crippen LogP contribution in [0.25, 0.3) is 0 Å². The van der Waals surface area contributed by atoms with Gasteiger partial charge in [-0.15, -0.1) is 0 Å². The molecule has 1 rings (SSSR count). The summed E-state index contributed by atoms with van der Waals surface area (Å²) in [7, 11) is 2.32. The van der Waals surface area contributed by atoms with E-state index < -0.39 is 0 Å². The third-order valence-corrected chi connectivity index (χ3v) is 4.58. The minimum absolute atomic E-state index is 0.671. The highest BCUT2D eigenvalue weighted by molar-refractivity contribution is 4.73. The van der Waals surface area contributed by atoms with Gasteiger partial charge in [0.15, 0.2) is 0 Å². The van der Waals surface area contributed by atoms with Crippen molar-refractivity contribution in [3.8, 4) is 0 Å². The summed E-state index contributed by atoms with van der Waals surface area (Å²) in [5.74, 6) is 0.831. The molecule has 0 radical (unpaired) electrons. The topological polar surface area (TPSA) is 15.3 Å². The molecule has 2 nitrogen and oxygen atoms in total. The summed E-state index contributed by atoms with van der Waals surface area (Å²) in [4.78, 5) is 2.59. The number of hydrogen-bond acceptors (Lipinski definition) is 2. The van der Waals surface area contributed by atoms with Gasteiger partial charge in [0.2, 0.25) is 0 Å². The first-order valence-electron chi connectivity index (χ1n) is 8.53. The predicted molar refractivity (Wildman–Crippen MR) is 85.7 cm³/mol. The first-order valence-corrected chi connectivity index (χ1v) is 8.53. The maximum atomic E-state index is 3.68. The Kier molecular flexibility index (Phi) is 8.72. The van der Waals surface area contributed by atoms with E-state index in [1.165, 1.54) is 57.9 Å². The van der Waals surface area contributed by atoms with Gasteiger partial charge in [0, 0.05) is 25.2 Å². The highest BCUT2D eigenvalue weighted by Crippen LogP contribution is 2.20. The molecule has 1 N–H and O–H groups in total. The first-order chi connectivity index (χ1) is 9.09. The molecule has 0 aromatic heterocycles. The summed E-state index contributed by atoms with van der Waals surface area (Å²) in [5.41, 5.74) is 0. The van der Waals surface area contributed by atoms with Gasteiger partial charge in [-0.25, -0.2) is 0 Å². The summed E-state index contributed by atoms with van der Waals surface area (Å²) in [6.07, 6.45) is 11.3. The molecule has 1 saturated carbocycles. The van der Waals surface area contributed by atoms with Crippen LogP contribution < -0.4 is 5.32 Å². The van der Waals surface area contributed by atoms with E-state index in [1.54, 1.807) is 0 Å². The molecule has 0 bridgehead atoms. The van der Waals surface area contributed by atoms with Gasteiger partial charge in [0.25, 0.3) is 0 Å². The van der Waals surface area contributed by atoms with Crippen molar-refractivity contribution in [3.05, 3.63) is 0 Å². The highest BCUT2D eigenvalue weighted by atomic mass is 15.1. The van der Waals surface area contributed by atoms with Crippen molar-refractivity contribution in [2.24, 2.45) is 5.92 Å². The van der Waals surface area contributed by atoms with Crippen molar-refractivity contribution in [1.29, 1.82) is 0 Å². The summed E-state index contributed by atoms with van der Waals surface area (Å²) < 4.78 is 0. The molecule has 0 aromatic carbocycles. The molecule has 0 heterocycles. The van der Waals surface area contributed by atoms with Crippen molar-refractivity contribution >= 4 is 0 Å². The molecule has 0 amide bonds. The van der Waals surface area contributed by atoms with Gasteiger partial charge >= 0.3 is 0 Å². The molecule has 0 saturated heterocycles. The third kappa shape index (κ3) is 7.94. The molecule has 19 heavy (non-hydrogen) atoms. The molecule has 114 valence electrons. The standard InChI is InChI=1S/C17H36N2/c1-15(2)11-12-16(3)18-13-14-19(4)17-9-7-5-6-8-10-17/h15-18H,5-14H2,1-4H3. The van der Waals surface area contributed by atoms with E-state index in [-0.39, 0.29) is 0 Å². The van der Waals surface area contributed by atoms with Crippen LogP contribution in [0.3, 0.4) is 0 Å². The van der Waals surface area contributed by atoms with Crippen molar-refractivity contribution in [2.45, 2.75) is 84.2 Å². The lowest BCUT2D eigenvalue weighted by molar-refractivity contribution is 0.218. The van der Waals surface area contributed by atoms with E-state index in [2.05, 4.69) is 38.0 Å². The Morgan fingerprint density at radius 3 is 2.21 bits per heavy atom. The lowest BCUT2D eigenvalue weighted by Gasteiger charge is -2.27. The monoisotopic (exact) mass is 268 g/mol. The number of nitrogens with one attached hydrogen (secondary N) is 1. The van der Waals surface area contributed by atoms with E-state index in [0.717, 1.165) is 18.5 Å². The van der Waals surface area contributed by atoms with Crippen LogP contribution in [0.5, 0.6) is 0 Å². The molecule has 1 unspecified atom stereocenters. The van der Waals surface area contributed by atoms with Crippen LogP contribution in [0.4, 0.5) is 0 Å². The fourth-order valence-corrected chi connectivity index (χ4v) is 3.05. The SMILES string of the molecule is CC(C)CCC(C)NCCN(C)C1CCCCCC1. The quantitative estimate of drug-likeness (QED) is 0.668. The van der Waals surface area contributed by atoms with Crippen molar-refractivity contribution < 1.29 is 0 Å². The van der Waals surface area contributed by atoms with Gasteiger partial charge in [0.1, 0.15) is 0 Å². The second-order valence-corrected chi connectivity index (χ2v) is 6.95. The van der Waals surface area contributed by atoms with E-state index in [4.69, 9.17) is 0 Å². The molecule has 0 aromatic rings. The smallest absolute Gasteiger partial charge is 0.0107 e. The maximum Gasteiger partial charge on any atom is 0.0107 e. The Labute approximate surface area is 121 Å². The second-order valence-electron chi connectivity index (χ2n) is 6.95. The summed E-state index contributed by atoms with van der Waals surface area (Å²) >= 11 is 0. The molecule has 2 heteroatoms. The lowest BCUT2D eigenvalue weighted by Crippen LogP contribution is -2.39. The van der Waals surface area contributed by atoms with E-state index in [1.807, 2.05) is 0 Å². The minimum Gasteiger partial charge on any atom is -0.313 e. The fourth-order valence-electron chi connectivity index (χ4n) is 3.05. The molecule has 1 fully saturated rings. The molecule has 1 aliphatic rings. The molecular weight excluding hydrogens is 232 g/mol. The van der Waals surface area contributed by atoms with Crippen LogP contribution >= 0.6 is 0 Å².